The zero-order valence-corrected chi connectivity index (χ0v) is 15.5. The minimum Gasteiger partial charge on any atom is -0.323 e. The first-order valence-electron chi connectivity index (χ1n) is 8.54. The van der Waals surface area contributed by atoms with Crippen LogP contribution in [0, 0.1) is 6.92 Å². The molecule has 1 N–H and O–H groups in total. The van der Waals surface area contributed by atoms with E-state index in [4.69, 9.17) is 0 Å². The van der Waals surface area contributed by atoms with Crippen molar-refractivity contribution in [2.24, 2.45) is 0 Å². The van der Waals surface area contributed by atoms with Crippen molar-refractivity contribution < 1.29 is 4.79 Å². The standard InChI is InChI=1S/C22H17N3OS/c1-15-24-20(14-27-15)16-7-10-19(11-8-16)25-21(26)12-9-18-5-2-4-17-6-3-13-23-22(17)18/h2-14H,1H3,(H,25,26)/b12-9+. The highest BCUT2D eigenvalue weighted by atomic mass is 32.1. The molecule has 0 bridgehead atoms. The van der Waals surface area contributed by atoms with Crippen molar-refractivity contribution in [3.05, 3.63) is 82.8 Å². The lowest BCUT2D eigenvalue weighted by Gasteiger charge is -2.04. The second kappa shape index (κ2) is 7.51. The smallest absolute Gasteiger partial charge is 0.248 e. The number of aromatic nitrogens is 2. The summed E-state index contributed by atoms with van der Waals surface area (Å²) < 4.78 is 0. The Morgan fingerprint density at radius 3 is 2.67 bits per heavy atom. The Labute approximate surface area is 161 Å². The molecule has 0 saturated heterocycles. The van der Waals surface area contributed by atoms with Gasteiger partial charge in [0.15, 0.2) is 0 Å². The molecule has 2 aromatic carbocycles. The van der Waals surface area contributed by atoms with Gasteiger partial charge >= 0.3 is 0 Å². The normalized spacial score (nSPS) is 11.1. The van der Waals surface area contributed by atoms with E-state index in [1.54, 1.807) is 23.6 Å². The Hall–Kier alpha value is -3.31. The van der Waals surface area contributed by atoms with Crippen LogP contribution in [0.4, 0.5) is 5.69 Å². The van der Waals surface area contributed by atoms with E-state index < -0.39 is 0 Å². The molecule has 0 fully saturated rings. The predicted molar refractivity (Wildman–Crippen MR) is 112 cm³/mol. The highest BCUT2D eigenvalue weighted by Gasteiger charge is 2.04. The summed E-state index contributed by atoms with van der Waals surface area (Å²) in [5.41, 5.74) is 4.54. The second-order valence-corrected chi connectivity index (χ2v) is 7.14. The number of hydrogen-bond donors (Lipinski definition) is 1. The third-order valence-electron chi connectivity index (χ3n) is 4.15. The number of benzene rings is 2. The lowest BCUT2D eigenvalue weighted by molar-refractivity contribution is -0.111. The molecule has 4 nitrogen and oxygen atoms in total. The van der Waals surface area contributed by atoms with Gasteiger partial charge in [0.1, 0.15) is 0 Å². The summed E-state index contributed by atoms with van der Waals surface area (Å²) >= 11 is 1.62. The van der Waals surface area contributed by atoms with Crippen LogP contribution in [0.3, 0.4) is 0 Å². The minimum absolute atomic E-state index is 0.180. The van der Waals surface area contributed by atoms with Gasteiger partial charge in [-0.25, -0.2) is 4.98 Å². The van der Waals surface area contributed by atoms with Gasteiger partial charge in [-0.2, -0.15) is 0 Å². The van der Waals surface area contributed by atoms with Gasteiger partial charge in [-0.15, -0.1) is 11.3 Å². The maximum absolute atomic E-state index is 12.3. The number of nitrogens with zero attached hydrogens (tertiary/aromatic N) is 2. The highest BCUT2D eigenvalue weighted by Crippen LogP contribution is 2.23. The van der Waals surface area contributed by atoms with Crippen LogP contribution in [0.5, 0.6) is 0 Å². The first kappa shape index (κ1) is 17.1. The molecule has 0 radical (unpaired) electrons. The molecule has 0 unspecified atom stereocenters. The Kier molecular flexibility index (Phi) is 4.77. The molecule has 27 heavy (non-hydrogen) atoms. The number of fused-ring (bicyclic) bond motifs is 1. The summed E-state index contributed by atoms with van der Waals surface area (Å²) in [5.74, 6) is -0.180. The van der Waals surface area contributed by atoms with Crippen molar-refractivity contribution in [3.8, 4) is 11.3 Å². The van der Waals surface area contributed by atoms with Crippen LogP contribution < -0.4 is 5.32 Å². The average molecular weight is 371 g/mol. The van der Waals surface area contributed by atoms with E-state index in [1.165, 1.54) is 6.08 Å². The number of carbonyl (C=O) groups is 1. The maximum atomic E-state index is 12.3. The summed E-state index contributed by atoms with van der Waals surface area (Å²) in [6.45, 7) is 1.99. The summed E-state index contributed by atoms with van der Waals surface area (Å²) in [7, 11) is 0. The van der Waals surface area contributed by atoms with Crippen LogP contribution in [-0.2, 0) is 4.79 Å². The van der Waals surface area contributed by atoms with E-state index in [-0.39, 0.29) is 5.91 Å². The molecule has 0 spiro atoms. The lowest BCUT2D eigenvalue weighted by Crippen LogP contribution is -2.07. The van der Waals surface area contributed by atoms with Crippen LogP contribution in [0.25, 0.3) is 28.2 Å². The van der Waals surface area contributed by atoms with Gasteiger partial charge in [0.05, 0.1) is 16.2 Å². The summed E-state index contributed by atoms with van der Waals surface area (Å²) in [5, 5.41) is 7.00. The van der Waals surface area contributed by atoms with E-state index >= 15 is 0 Å². The number of amides is 1. The first-order valence-corrected chi connectivity index (χ1v) is 9.42. The third-order valence-corrected chi connectivity index (χ3v) is 4.92. The molecule has 2 aromatic heterocycles. The maximum Gasteiger partial charge on any atom is 0.248 e. The van der Waals surface area contributed by atoms with Gasteiger partial charge in [0.2, 0.25) is 5.91 Å². The lowest BCUT2D eigenvalue weighted by atomic mass is 10.1. The molecule has 0 aliphatic carbocycles. The number of rotatable bonds is 4. The fraction of sp³-hybridized carbons (Fsp3) is 0.0455. The van der Waals surface area contributed by atoms with Gasteiger partial charge in [0.25, 0.3) is 0 Å². The fourth-order valence-corrected chi connectivity index (χ4v) is 3.45. The van der Waals surface area contributed by atoms with E-state index in [2.05, 4.69) is 15.3 Å². The van der Waals surface area contributed by atoms with Gasteiger partial charge < -0.3 is 5.32 Å². The van der Waals surface area contributed by atoms with Crippen molar-refractivity contribution in [2.45, 2.75) is 6.92 Å². The zero-order valence-electron chi connectivity index (χ0n) is 14.7. The number of aryl methyl sites for hydroxylation is 1. The second-order valence-electron chi connectivity index (χ2n) is 6.07. The Morgan fingerprint density at radius 1 is 1.07 bits per heavy atom. The monoisotopic (exact) mass is 371 g/mol. The molecule has 4 rings (SSSR count). The zero-order chi connectivity index (χ0) is 18.6. The Morgan fingerprint density at radius 2 is 1.89 bits per heavy atom. The molecule has 0 aliphatic heterocycles. The van der Waals surface area contributed by atoms with Crippen molar-refractivity contribution in [1.82, 2.24) is 9.97 Å². The number of para-hydroxylation sites is 1. The Balaban J connectivity index is 1.46. The van der Waals surface area contributed by atoms with E-state index in [9.17, 15) is 4.79 Å². The largest absolute Gasteiger partial charge is 0.323 e. The van der Waals surface area contributed by atoms with Crippen LogP contribution in [0.2, 0.25) is 0 Å². The van der Waals surface area contributed by atoms with E-state index in [1.807, 2.05) is 66.9 Å². The molecule has 132 valence electrons. The number of thiazole rings is 1. The molecule has 0 aliphatic rings. The minimum atomic E-state index is -0.180. The Bertz CT molecular complexity index is 1120. The molecule has 2 heterocycles. The van der Waals surface area contributed by atoms with Gasteiger partial charge in [-0.3, -0.25) is 9.78 Å². The number of carbonyl (C=O) groups excluding carboxylic acids is 1. The molecule has 0 atom stereocenters. The van der Waals surface area contributed by atoms with Gasteiger partial charge in [-0.05, 0) is 31.2 Å². The summed E-state index contributed by atoms with van der Waals surface area (Å²) in [6.07, 6.45) is 5.07. The van der Waals surface area contributed by atoms with Crippen molar-refractivity contribution in [3.63, 3.8) is 0 Å². The molecule has 5 heteroatoms. The van der Waals surface area contributed by atoms with Crippen LogP contribution in [0.15, 0.2) is 72.3 Å². The molecule has 1 amide bonds. The van der Waals surface area contributed by atoms with Crippen LogP contribution in [-0.4, -0.2) is 15.9 Å². The SMILES string of the molecule is Cc1nc(-c2ccc(NC(=O)/C=C/c3cccc4cccnc34)cc2)cs1. The molecular formula is C22H17N3OS. The first-order chi connectivity index (χ1) is 13.2. The number of pyridine rings is 1. The number of anilines is 1. The van der Waals surface area contributed by atoms with E-state index in [0.29, 0.717) is 0 Å². The van der Waals surface area contributed by atoms with Gasteiger partial charge in [-0.1, -0.05) is 36.4 Å². The quantitative estimate of drug-likeness (QED) is 0.494. The highest BCUT2D eigenvalue weighted by molar-refractivity contribution is 7.09. The van der Waals surface area contributed by atoms with E-state index in [0.717, 1.165) is 38.4 Å². The summed E-state index contributed by atoms with van der Waals surface area (Å²) in [4.78, 5) is 21.1. The third kappa shape index (κ3) is 3.93. The van der Waals surface area contributed by atoms with Crippen LogP contribution in [0.1, 0.15) is 10.6 Å². The number of nitrogens with one attached hydrogen (secondary N) is 1. The number of hydrogen-bond acceptors (Lipinski definition) is 4. The molecule has 0 saturated carbocycles. The predicted octanol–water partition coefficient (Wildman–Crippen LogP) is 5.32. The fourth-order valence-electron chi connectivity index (χ4n) is 2.83. The van der Waals surface area contributed by atoms with Gasteiger partial charge in [0, 0.05) is 39.9 Å². The molecular weight excluding hydrogens is 354 g/mol. The average Bonchev–Trinajstić information content (AvgIpc) is 3.13. The summed E-state index contributed by atoms with van der Waals surface area (Å²) in [6, 6.07) is 17.5. The molecule has 4 aromatic rings. The van der Waals surface area contributed by atoms with Crippen molar-refractivity contribution >= 4 is 39.9 Å². The van der Waals surface area contributed by atoms with Crippen LogP contribution >= 0.6 is 11.3 Å². The topological polar surface area (TPSA) is 54.9 Å². The van der Waals surface area contributed by atoms with Crippen molar-refractivity contribution in [1.29, 1.82) is 0 Å². The van der Waals surface area contributed by atoms with Crippen molar-refractivity contribution in [2.75, 3.05) is 5.32 Å².